The Morgan fingerprint density at radius 2 is 1.88 bits per heavy atom. The first-order valence-corrected chi connectivity index (χ1v) is 8.36. The first kappa shape index (κ1) is 17.5. The molecule has 3 N–H and O–H groups in total. The van der Waals surface area contributed by atoms with Crippen LogP contribution in [0.15, 0.2) is 0 Å². The number of likely N-dealkylation sites (tertiary alicyclic amines) is 1. The van der Waals surface area contributed by atoms with Crippen molar-refractivity contribution < 1.29 is 22.8 Å². The van der Waals surface area contributed by atoms with Gasteiger partial charge in [0, 0.05) is 19.0 Å². The first-order chi connectivity index (χ1) is 11.3. The van der Waals surface area contributed by atoms with Crippen LogP contribution in [0, 0.1) is 16.7 Å². The molecule has 3 rings (SSSR count). The lowest BCUT2D eigenvalue weighted by atomic mass is 9.94. The van der Waals surface area contributed by atoms with Crippen LogP contribution in [0.5, 0.6) is 0 Å². The topological polar surface area (TPSA) is 73.5 Å². The fourth-order valence-electron chi connectivity index (χ4n) is 4.12. The van der Waals surface area contributed by atoms with E-state index in [1.165, 1.54) is 0 Å². The molecular weight excluding hydrogens is 325 g/mol. The van der Waals surface area contributed by atoms with Crippen LogP contribution in [-0.2, 0) is 9.59 Å². The SMILES string of the molecule is CCN1CCC(C(=O)NNC(=O)C23CNCC2(C(F)(F)F)C3)CC1. The van der Waals surface area contributed by atoms with E-state index in [2.05, 4.69) is 28.0 Å². The molecule has 6 nitrogen and oxygen atoms in total. The van der Waals surface area contributed by atoms with Crippen molar-refractivity contribution >= 4 is 11.8 Å². The van der Waals surface area contributed by atoms with Crippen molar-refractivity contribution in [3.8, 4) is 0 Å². The van der Waals surface area contributed by atoms with Gasteiger partial charge in [-0.1, -0.05) is 6.92 Å². The van der Waals surface area contributed by atoms with Gasteiger partial charge in [0.05, 0.1) is 10.8 Å². The van der Waals surface area contributed by atoms with Gasteiger partial charge in [-0.2, -0.15) is 13.2 Å². The molecule has 0 radical (unpaired) electrons. The zero-order valence-electron chi connectivity index (χ0n) is 13.6. The Bertz CT molecular complexity index is 533. The second-order valence-electron chi connectivity index (χ2n) is 7.09. The fourth-order valence-corrected chi connectivity index (χ4v) is 4.12. The van der Waals surface area contributed by atoms with Gasteiger partial charge < -0.3 is 10.2 Å². The van der Waals surface area contributed by atoms with E-state index in [9.17, 15) is 22.8 Å². The van der Waals surface area contributed by atoms with Gasteiger partial charge in [0.15, 0.2) is 0 Å². The first-order valence-electron chi connectivity index (χ1n) is 8.36. The number of nitrogens with one attached hydrogen (secondary N) is 3. The number of hydrazine groups is 1. The Balaban J connectivity index is 1.53. The number of hydrogen-bond donors (Lipinski definition) is 3. The molecule has 2 saturated heterocycles. The number of carbonyl (C=O) groups is 2. The van der Waals surface area contributed by atoms with E-state index in [1.807, 2.05) is 0 Å². The number of carbonyl (C=O) groups excluding carboxylic acids is 2. The number of rotatable bonds is 3. The van der Waals surface area contributed by atoms with Crippen molar-refractivity contribution in [2.24, 2.45) is 16.7 Å². The highest BCUT2D eigenvalue weighted by Gasteiger charge is 2.84. The van der Waals surface area contributed by atoms with Crippen LogP contribution >= 0.6 is 0 Å². The molecule has 9 heteroatoms. The average Bonchev–Trinajstić information content (AvgIpc) is 3.10. The van der Waals surface area contributed by atoms with Gasteiger partial charge >= 0.3 is 6.18 Å². The molecule has 2 aliphatic heterocycles. The van der Waals surface area contributed by atoms with Crippen LogP contribution in [0.1, 0.15) is 26.2 Å². The lowest BCUT2D eigenvalue weighted by Crippen LogP contribution is -2.51. The summed E-state index contributed by atoms with van der Waals surface area (Å²) in [5.74, 6) is -1.28. The molecule has 0 bridgehead atoms. The molecule has 24 heavy (non-hydrogen) atoms. The predicted octanol–water partition coefficient (Wildman–Crippen LogP) is 0.408. The number of piperidine rings is 2. The number of alkyl halides is 3. The van der Waals surface area contributed by atoms with Crippen molar-refractivity contribution in [2.45, 2.75) is 32.4 Å². The second-order valence-corrected chi connectivity index (χ2v) is 7.09. The zero-order valence-corrected chi connectivity index (χ0v) is 13.6. The van der Waals surface area contributed by atoms with E-state index in [0.29, 0.717) is 12.8 Å². The third-order valence-electron chi connectivity index (χ3n) is 5.93. The quantitative estimate of drug-likeness (QED) is 0.646. The zero-order chi connectivity index (χ0) is 17.6. The Hall–Kier alpha value is -1.35. The second kappa shape index (κ2) is 5.87. The van der Waals surface area contributed by atoms with Crippen LogP contribution in [-0.4, -0.2) is 55.6 Å². The van der Waals surface area contributed by atoms with Crippen molar-refractivity contribution in [3.05, 3.63) is 0 Å². The molecule has 3 aliphatic rings. The minimum absolute atomic E-state index is 0.0108. The van der Waals surface area contributed by atoms with Gasteiger partial charge in [-0.3, -0.25) is 20.4 Å². The van der Waals surface area contributed by atoms with E-state index in [0.717, 1.165) is 19.6 Å². The molecule has 2 heterocycles. The Morgan fingerprint density at radius 1 is 1.21 bits per heavy atom. The smallest absolute Gasteiger partial charge is 0.315 e. The summed E-state index contributed by atoms with van der Waals surface area (Å²) < 4.78 is 39.7. The number of nitrogens with zero attached hydrogens (tertiary/aromatic N) is 1. The number of fused-ring (bicyclic) bond motifs is 1. The van der Waals surface area contributed by atoms with Crippen molar-refractivity contribution in [3.63, 3.8) is 0 Å². The van der Waals surface area contributed by atoms with Crippen molar-refractivity contribution in [1.29, 1.82) is 0 Å². The summed E-state index contributed by atoms with van der Waals surface area (Å²) in [5, 5.41) is 2.65. The van der Waals surface area contributed by atoms with E-state index in [4.69, 9.17) is 0 Å². The summed E-state index contributed by atoms with van der Waals surface area (Å²) in [6.45, 7) is 4.36. The summed E-state index contributed by atoms with van der Waals surface area (Å²) in [6, 6.07) is 0. The van der Waals surface area contributed by atoms with Gasteiger partial charge in [0.2, 0.25) is 11.8 Å². The van der Waals surface area contributed by atoms with Crippen LogP contribution in [0.25, 0.3) is 0 Å². The van der Waals surface area contributed by atoms with Crippen molar-refractivity contribution in [2.75, 3.05) is 32.7 Å². The summed E-state index contributed by atoms with van der Waals surface area (Å²) >= 11 is 0. The minimum atomic E-state index is -4.43. The highest BCUT2D eigenvalue weighted by molar-refractivity contribution is 5.90. The number of halogens is 3. The molecule has 1 aliphatic carbocycles. The largest absolute Gasteiger partial charge is 0.396 e. The molecule has 136 valence electrons. The van der Waals surface area contributed by atoms with Gasteiger partial charge in [-0.15, -0.1) is 0 Å². The lowest BCUT2D eigenvalue weighted by Gasteiger charge is -2.30. The van der Waals surface area contributed by atoms with E-state index in [1.54, 1.807) is 0 Å². The molecule has 0 aromatic carbocycles. The molecule has 0 spiro atoms. The highest BCUT2D eigenvalue weighted by atomic mass is 19.4. The van der Waals surface area contributed by atoms with Crippen LogP contribution in [0.4, 0.5) is 13.2 Å². The van der Waals surface area contributed by atoms with Gasteiger partial charge in [-0.25, -0.2) is 0 Å². The summed E-state index contributed by atoms with van der Waals surface area (Å²) in [7, 11) is 0. The Kier molecular flexibility index (Phi) is 4.28. The maximum Gasteiger partial charge on any atom is 0.396 e. The monoisotopic (exact) mass is 348 g/mol. The molecule has 0 aromatic rings. The summed E-state index contributed by atoms with van der Waals surface area (Å²) in [6.07, 6.45) is -3.26. The number of amides is 2. The summed E-state index contributed by atoms with van der Waals surface area (Å²) in [4.78, 5) is 26.6. The van der Waals surface area contributed by atoms with Crippen LogP contribution in [0.3, 0.4) is 0 Å². The third kappa shape index (κ3) is 2.57. The highest BCUT2D eigenvalue weighted by Crippen LogP contribution is 2.72. The Morgan fingerprint density at radius 3 is 2.42 bits per heavy atom. The third-order valence-corrected chi connectivity index (χ3v) is 5.93. The standard InChI is InChI=1S/C15H23F3N4O2/c1-2-22-5-3-10(4-6-22)11(23)20-21-12(24)13-7-14(13,9-19-8-13)15(16,17)18/h10,19H,2-9H2,1H3,(H,20,23)(H,21,24). The summed E-state index contributed by atoms with van der Waals surface area (Å²) in [5.41, 5.74) is 1.10. The van der Waals surface area contributed by atoms with E-state index in [-0.39, 0.29) is 31.3 Å². The maximum atomic E-state index is 13.2. The van der Waals surface area contributed by atoms with Crippen molar-refractivity contribution in [1.82, 2.24) is 21.1 Å². The number of hydrogen-bond acceptors (Lipinski definition) is 4. The Labute approximate surface area is 138 Å². The molecular formula is C15H23F3N4O2. The molecule has 2 unspecified atom stereocenters. The van der Waals surface area contributed by atoms with Gasteiger partial charge in [0.1, 0.15) is 0 Å². The average molecular weight is 348 g/mol. The fraction of sp³-hybridized carbons (Fsp3) is 0.867. The van der Waals surface area contributed by atoms with E-state index < -0.39 is 22.9 Å². The van der Waals surface area contributed by atoms with Gasteiger partial charge in [-0.05, 0) is 38.9 Å². The van der Waals surface area contributed by atoms with Crippen LogP contribution < -0.4 is 16.2 Å². The molecule has 3 fully saturated rings. The van der Waals surface area contributed by atoms with E-state index >= 15 is 0 Å². The molecule has 1 saturated carbocycles. The molecule has 0 aromatic heterocycles. The maximum absolute atomic E-state index is 13.2. The van der Waals surface area contributed by atoms with Crippen LogP contribution in [0.2, 0.25) is 0 Å². The minimum Gasteiger partial charge on any atom is -0.315 e. The lowest BCUT2D eigenvalue weighted by molar-refractivity contribution is -0.192. The van der Waals surface area contributed by atoms with Gasteiger partial charge in [0.25, 0.3) is 0 Å². The predicted molar refractivity (Wildman–Crippen MR) is 79.5 cm³/mol. The normalized spacial score (nSPS) is 33.8. The molecule has 2 amide bonds. The molecule has 2 atom stereocenters.